The van der Waals surface area contributed by atoms with Crippen LogP contribution in [0.2, 0.25) is 0 Å². The molecular weight excluding hydrogens is 230 g/mol. The number of hydrogen-bond donors (Lipinski definition) is 0. The molecule has 0 radical (unpaired) electrons. The lowest BCUT2D eigenvalue weighted by atomic mass is 9.94. The third-order valence-corrected chi connectivity index (χ3v) is 3.27. The molecule has 1 aliphatic rings. The van der Waals surface area contributed by atoms with Crippen molar-refractivity contribution in [3.05, 3.63) is 0 Å². The molecule has 1 amide bonds. The van der Waals surface area contributed by atoms with E-state index in [0.29, 0.717) is 11.4 Å². The average Bonchev–Trinajstić information content (AvgIpc) is 2.20. The summed E-state index contributed by atoms with van der Waals surface area (Å²) in [6.45, 7) is 2.92. The van der Waals surface area contributed by atoms with E-state index < -0.39 is 0 Å². The number of rotatable bonds is 3. The van der Waals surface area contributed by atoms with Crippen molar-refractivity contribution in [3.63, 3.8) is 0 Å². The minimum absolute atomic E-state index is 0.245. The quantitative estimate of drug-likeness (QED) is 0.703. The highest BCUT2D eigenvalue weighted by Crippen LogP contribution is 2.22. The van der Waals surface area contributed by atoms with Gasteiger partial charge in [-0.2, -0.15) is 0 Å². The summed E-state index contributed by atoms with van der Waals surface area (Å²) >= 11 is 3.23. The SMILES string of the molecule is CCN(C(=O)CBr)C1CCCCC1. The van der Waals surface area contributed by atoms with E-state index in [2.05, 4.69) is 22.9 Å². The van der Waals surface area contributed by atoms with Crippen LogP contribution in [0.15, 0.2) is 0 Å². The summed E-state index contributed by atoms with van der Waals surface area (Å²) in [5.41, 5.74) is 0. The Hall–Kier alpha value is -0.0500. The van der Waals surface area contributed by atoms with Crippen molar-refractivity contribution in [1.82, 2.24) is 4.90 Å². The Kier molecular flexibility index (Phi) is 4.78. The lowest BCUT2D eigenvalue weighted by molar-refractivity contribution is -0.130. The van der Waals surface area contributed by atoms with Crippen molar-refractivity contribution in [1.29, 1.82) is 0 Å². The molecule has 0 atom stereocenters. The fourth-order valence-electron chi connectivity index (χ4n) is 2.11. The Balaban J connectivity index is 2.48. The summed E-state index contributed by atoms with van der Waals surface area (Å²) < 4.78 is 0. The van der Waals surface area contributed by atoms with E-state index in [9.17, 15) is 4.79 Å². The third-order valence-electron chi connectivity index (χ3n) is 2.79. The van der Waals surface area contributed by atoms with Gasteiger partial charge in [-0.05, 0) is 19.8 Å². The van der Waals surface area contributed by atoms with Crippen molar-refractivity contribution in [2.45, 2.75) is 45.1 Å². The van der Waals surface area contributed by atoms with Gasteiger partial charge < -0.3 is 4.90 Å². The normalized spacial score (nSPS) is 18.6. The van der Waals surface area contributed by atoms with Crippen molar-refractivity contribution < 1.29 is 4.79 Å². The highest BCUT2D eigenvalue weighted by Gasteiger charge is 2.22. The zero-order valence-electron chi connectivity index (χ0n) is 8.26. The molecule has 1 saturated carbocycles. The number of carbonyl (C=O) groups is 1. The Morgan fingerprint density at radius 2 is 2.00 bits per heavy atom. The van der Waals surface area contributed by atoms with Crippen LogP contribution in [0, 0.1) is 0 Å². The van der Waals surface area contributed by atoms with Gasteiger partial charge in [-0.25, -0.2) is 0 Å². The zero-order valence-corrected chi connectivity index (χ0v) is 9.85. The minimum Gasteiger partial charge on any atom is -0.339 e. The first kappa shape index (κ1) is 11.0. The van der Waals surface area contributed by atoms with Crippen LogP contribution in [0.25, 0.3) is 0 Å². The Bertz CT molecular complexity index is 166. The summed E-state index contributed by atoms with van der Waals surface area (Å²) in [6, 6.07) is 0.517. The van der Waals surface area contributed by atoms with E-state index in [1.54, 1.807) is 0 Å². The Labute approximate surface area is 88.8 Å². The monoisotopic (exact) mass is 247 g/mol. The maximum Gasteiger partial charge on any atom is 0.233 e. The number of carbonyl (C=O) groups excluding carboxylic acids is 1. The van der Waals surface area contributed by atoms with Crippen LogP contribution in [-0.2, 0) is 4.79 Å². The second kappa shape index (κ2) is 5.63. The minimum atomic E-state index is 0.245. The van der Waals surface area contributed by atoms with Gasteiger partial charge in [0.25, 0.3) is 0 Å². The topological polar surface area (TPSA) is 20.3 Å². The molecule has 1 fully saturated rings. The van der Waals surface area contributed by atoms with E-state index in [4.69, 9.17) is 0 Å². The fourth-order valence-corrected chi connectivity index (χ4v) is 2.43. The van der Waals surface area contributed by atoms with Crippen LogP contribution in [-0.4, -0.2) is 28.7 Å². The lowest BCUT2D eigenvalue weighted by Gasteiger charge is -2.33. The second-order valence-electron chi connectivity index (χ2n) is 3.61. The first-order chi connectivity index (χ1) is 6.29. The standard InChI is InChI=1S/C10H18BrNO/c1-2-12(10(13)8-11)9-6-4-3-5-7-9/h9H,2-8H2,1H3. The highest BCUT2D eigenvalue weighted by atomic mass is 79.9. The van der Waals surface area contributed by atoms with Gasteiger partial charge >= 0.3 is 0 Å². The van der Waals surface area contributed by atoms with Gasteiger partial charge in [-0.1, -0.05) is 35.2 Å². The molecule has 1 aliphatic carbocycles. The predicted molar refractivity (Wildman–Crippen MR) is 58.1 cm³/mol. The molecule has 0 aliphatic heterocycles. The fraction of sp³-hybridized carbons (Fsp3) is 0.900. The van der Waals surface area contributed by atoms with Crippen molar-refractivity contribution in [2.24, 2.45) is 0 Å². The molecule has 0 aromatic heterocycles. The molecule has 0 aromatic rings. The van der Waals surface area contributed by atoms with Crippen molar-refractivity contribution >= 4 is 21.8 Å². The smallest absolute Gasteiger partial charge is 0.233 e. The second-order valence-corrected chi connectivity index (χ2v) is 4.17. The third kappa shape index (κ3) is 2.97. The molecule has 0 aromatic carbocycles. The molecule has 76 valence electrons. The van der Waals surface area contributed by atoms with Crippen molar-refractivity contribution in [3.8, 4) is 0 Å². The number of hydrogen-bond acceptors (Lipinski definition) is 1. The molecule has 3 heteroatoms. The molecule has 13 heavy (non-hydrogen) atoms. The van der Waals surface area contributed by atoms with Crippen molar-refractivity contribution in [2.75, 3.05) is 11.9 Å². The van der Waals surface area contributed by atoms with E-state index in [1.807, 2.05) is 4.90 Å². The van der Waals surface area contributed by atoms with E-state index in [0.717, 1.165) is 6.54 Å². The summed E-state index contributed by atoms with van der Waals surface area (Å²) in [4.78, 5) is 13.5. The summed E-state index contributed by atoms with van der Waals surface area (Å²) in [5.74, 6) is 0.245. The van der Waals surface area contributed by atoms with Gasteiger partial charge in [-0.3, -0.25) is 4.79 Å². The van der Waals surface area contributed by atoms with E-state index in [1.165, 1.54) is 32.1 Å². The molecule has 2 nitrogen and oxygen atoms in total. The number of nitrogens with zero attached hydrogens (tertiary/aromatic N) is 1. The zero-order chi connectivity index (χ0) is 9.68. The van der Waals surface area contributed by atoms with Crippen LogP contribution < -0.4 is 0 Å². The molecular formula is C10H18BrNO. The van der Waals surface area contributed by atoms with Crippen LogP contribution >= 0.6 is 15.9 Å². The largest absolute Gasteiger partial charge is 0.339 e. The van der Waals surface area contributed by atoms with Crippen LogP contribution in [0.5, 0.6) is 0 Å². The number of amides is 1. The van der Waals surface area contributed by atoms with Crippen LogP contribution in [0.1, 0.15) is 39.0 Å². The molecule has 0 bridgehead atoms. The first-order valence-electron chi connectivity index (χ1n) is 5.15. The molecule has 0 spiro atoms. The molecule has 0 heterocycles. The molecule has 0 N–H and O–H groups in total. The maximum absolute atomic E-state index is 11.5. The Morgan fingerprint density at radius 1 is 1.38 bits per heavy atom. The maximum atomic E-state index is 11.5. The summed E-state index contributed by atoms with van der Waals surface area (Å²) in [7, 11) is 0. The molecule has 0 unspecified atom stereocenters. The highest BCUT2D eigenvalue weighted by molar-refractivity contribution is 9.09. The first-order valence-corrected chi connectivity index (χ1v) is 6.27. The molecule has 1 rings (SSSR count). The number of halogens is 1. The van der Waals surface area contributed by atoms with Gasteiger partial charge in [0, 0.05) is 12.6 Å². The molecule has 0 saturated heterocycles. The van der Waals surface area contributed by atoms with Crippen LogP contribution in [0.4, 0.5) is 0 Å². The van der Waals surface area contributed by atoms with Gasteiger partial charge in [0.05, 0.1) is 5.33 Å². The van der Waals surface area contributed by atoms with E-state index in [-0.39, 0.29) is 5.91 Å². The van der Waals surface area contributed by atoms with Crippen LogP contribution in [0.3, 0.4) is 0 Å². The Morgan fingerprint density at radius 3 is 2.46 bits per heavy atom. The van der Waals surface area contributed by atoms with Gasteiger partial charge in [0.2, 0.25) is 5.91 Å². The lowest BCUT2D eigenvalue weighted by Crippen LogP contribution is -2.41. The summed E-state index contributed by atoms with van der Waals surface area (Å²) in [6.07, 6.45) is 6.32. The summed E-state index contributed by atoms with van der Waals surface area (Å²) in [5, 5.41) is 0.470. The van der Waals surface area contributed by atoms with Gasteiger partial charge in [0.1, 0.15) is 0 Å². The van der Waals surface area contributed by atoms with Gasteiger partial charge in [0.15, 0.2) is 0 Å². The predicted octanol–water partition coefficient (Wildman–Crippen LogP) is 2.56. The number of alkyl halides is 1. The average molecular weight is 248 g/mol. The van der Waals surface area contributed by atoms with Gasteiger partial charge in [-0.15, -0.1) is 0 Å². The van der Waals surface area contributed by atoms with E-state index >= 15 is 0 Å².